The largest absolute Gasteiger partial charge is 0.391 e. The highest BCUT2D eigenvalue weighted by atomic mass is 16.3. The van der Waals surface area contributed by atoms with Gasteiger partial charge in [0.05, 0.1) is 17.1 Å². The zero-order chi connectivity index (χ0) is 18.4. The molecule has 1 amide bonds. The van der Waals surface area contributed by atoms with Gasteiger partial charge in [-0.3, -0.25) is 18.7 Å². The number of aryl methyl sites for hydroxylation is 1. The molecule has 1 unspecified atom stereocenters. The van der Waals surface area contributed by atoms with Crippen LogP contribution in [0, 0.1) is 0 Å². The molecule has 3 atom stereocenters. The van der Waals surface area contributed by atoms with E-state index < -0.39 is 23.7 Å². The molecule has 0 bridgehead atoms. The van der Waals surface area contributed by atoms with E-state index in [1.807, 2.05) is 12.1 Å². The highest BCUT2D eigenvalue weighted by molar-refractivity contribution is 6.06. The highest BCUT2D eigenvalue weighted by Gasteiger charge is 2.36. The summed E-state index contributed by atoms with van der Waals surface area (Å²) in [7, 11) is 1.64. The number of carbonyl (C=O) groups excluding carboxylic acids is 2. The molecule has 2 saturated heterocycles. The van der Waals surface area contributed by atoms with Crippen molar-refractivity contribution in [1.82, 2.24) is 19.8 Å². The maximum Gasteiger partial charge on any atom is 0.329 e. The summed E-state index contributed by atoms with van der Waals surface area (Å²) in [5.74, 6) is -0.795. The lowest BCUT2D eigenvalue weighted by molar-refractivity contribution is -0.135. The lowest BCUT2D eigenvalue weighted by atomic mass is 9.87. The molecule has 2 aliphatic heterocycles. The van der Waals surface area contributed by atoms with E-state index in [-0.39, 0.29) is 18.1 Å². The minimum Gasteiger partial charge on any atom is -0.391 e. The first-order valence-electron chi connectivity index (χ1n) is 8.89. The number of nitrogens with zero attached hydrogens (tertiary/aromatic N) is 2. The predicted molar refractivity (Wildman–Crippen MR) is 95.1 cm³/mol. The van der Waals surface area contributed by atoms with Crippen LogP contribution in [-0.4, -0.2) is 51.7 Å². The number of Topliss-reactive ketones (excluding diaryl/α,β-unsaturated/α-hetero) is 1. The molecule has 0 spiro atoms. The quantitative estimate of drug-likeness (QED) is 0.622. The smallest absolute Gasteiger partial charge is 0.329 e. The normalized spacial score (nSPS) is 26.9. The Balaban J connectivity index is 1.93. The Morgan fingerprint density at radius 1 is 1.19 bits per heavy atom. The van der Waals surface area contributed by atoms with Crippen LogP contribution < -0.4 is 16.3 Å². The van der Waals surface area contributed by atoms with E-state index in [1.54, 1.807) is 13.1 Å². The lowest BCUT2D eigenvalue weighted by Gasteiger charge is -2.29. The average molecular weight is 358 g/mol. The third kappa shape index (κ3) is 2.48. The molecule has 2 fully saturated rings. The zero-order valence-electron chi connectivity index (χ0n) is 14.6. The molecular weight excluding hydrogens is 336 g/mol. The van der Waals surface area contributed by atoms with Gasteiger partial charge in [-0.1, -0.05) is 12.1 Å². The van der Waals surface area contributed by atoms with Gasteiger partial charge in [0.1, 0.15) is 0 Å². The van der Waals surface area contributed by atoms with E-state index in [2.05, 4.69) is 10.6 Å². The molecule has 138 valence electrons. The summed E-state index contributed by atoms with van der Waals surface area (Å²) >= 11 is 0. The number of aliphatic hydroxyl groups excluding tert-OH is 1. The van der Waals surface area contributed by atoms with Gasteiger partial charge in [-0.05, 0) is 24.6 Å². The summed E-state index contributed by atoms with van der Waals surface area (Å²) in [5.41, 5.74) is 1.70. The van der Waals surface area contributed by atoms with E-state index in [9.17, 15) is 19.5 Å². The summed E-state index contributed by atoms with van der Waals surface area (Å²) in [4.78, 5) is 37.6. The van der Waals surface area contributed by atoms with Crippen molar-refractivity contribution in [1.29, 1.82) is 0 Å². The maximum atomic E-state index is 12.9. The van der Waals surface area contributed by atoms with Crippen LogP contribution in [0.15, 0.2) is 23.0 Å². The monoisotopic (exact) mass is 358 g/mol. The van der Waals surface area contributed by atoms with E-state index in [0.717, 1.165) is 18.5 Å². The molecule has 4 rings (SSSR count). The van der Waals surface area contributed by atoms with Crippen LogP contribution in [0.5, 0.6) is 0 Å². The highest BCUT2D eigenvalue weighted by Crippen LogP contribution is 2.32. The Hall–Kier alpha value is -2.45. The Labute approximate surface area is 149 Å². The number of ketones is 1. The molecule has 3 N–H and O–H groups in total. The summed E-state index contributed by atoms with van der Waals surface area (Å²) in [5, 5.41) is 16.2. The SMILES string of the molecule is Cn1c(=O)n(C2C(=O)CCNC2=O)c2cccc([C@H]3CCNC[C@@H]3O)c21. The van der Waals surface area contributed by atoms with Crippen LogP contribution in [0.4, 0.5) is 0 Å². The van der Waals surface area contributed by atoms with Gasteiger partial charge in [-0.25, -0.2) is 4.79 Å². The molecule has 0 saturated carbocycles. The standard InChI is InChI=1S/C18H22N4O4/c1-21-15-11(10-5-7-19-9-14(10)24)3-2-4-12(15)22(18(21)26)16-13(23)6-8-20-17(16)25/h2-4,10,14,16,19,24H,5-9H2,1H3,(H,20,25)/t10-,14+,16?/m1/s1. The van der Waals surface area contributed by atoms with Crippen LogP contribution in [0.2, 0.25) is 0 Å². The zero-order valence-corrected chi connectivity index (χ0v) is 14.6. The molecule has 8 heteroatoms. The first-order chi connectivity index (χ1) is 12.5. The van der Waals surface area contributed by atoms with Crippen molar-refractivity contribution >= 4 is 22.7 Å². The first-order valence-corrected chi connectivity index (χ1v) is 8.89. The Bertz CT molecular complexity index is 929. The van der Waals surface area contributed by atoms with Gasteiger partial charge in [0, 0.05) is 32.5 Å². The van der Waals surface area contributed by atoms with Crippen LogP contribution in [0.3, 0.4) is 0 Å². The van der Waals surface area contributed by atoms with Crippen molar-refractivity contribution in [2.45, 2.75) is 30.9 Å². The molecule has 2 aliphatic rings. The number of amides is 1. The molecule has 2 aromatic rings. The maximum absolute atomic E-state index is 12.9. The van der Waals surface area contributed by atoms with Crippen LogP contribution in [0.1, 0.15) is 30.4 Å². The van der Waals surface area contributed by atoms with Gasteiger partial charge in [0.15, 0.2) is 11.8 Å². The molecule has 8 nitrogen and oxygen atoms in total. The molecule has 3 heterocycles. The van der Waals surface area contributed by atoms with Crippen LogP contribution >= 0.6 is 0 Å². The number of imidazole rings is 1. The average Bonchev–Trinajstić information content (AvgIpc) is 2.87. The summed E-state index contributed by atoms with van der Waals surface area (Å²) in [6.07, 6.45) is 0.418. The predicted octanol–water partition coefficient (Wildman–Crippen LogP) is -0.592. The molecular formula is C18H22N4O4. The van der Waals surface area contributed by atoms with Crippen molar-refractivity contribution in [3.05, 3.63) is 34.2 Å². The van der Waals surface area contributed by atoms with Gasteiger partial charge in [-0.15, -0.1) is 0 Å². The van der Waals surface area contributed by atoms with Crippen molar-refractivity contribution in [2.24, 2.45) is 7.05 Å². The van der Waals surface area contributed by atoms with Crippen molar-refractivity contribution in [3.63, 3.8) is 0 Å². The summed E-state index contributed by atoms with van der Waals surface area (Å²) < 4.78 is 2.78. The van der Waals surface area contributed by atoms with Crippen LogP contribution in [0.25, 0.3) is 11.0 Å². The van der Waals surface area contributed by atoms with E-state index in [0.29, 0.717) is 24.1 Å². The topological polar surface area (TPSA) is 105 Å². The number of nitrogens with one attached hydrogen (secondary N) is 2. The summed E-state index contributed by atoms with van der Waals surface area (Å²) in [6.45, 7) is 1.59. The number of para-hydroxylation sites is 1. The number of β-amino-alcohol motifs (C(OH)–C–C–N with tert-alkyl or cyclic N) is 1. The minimum atomic E-state index is -1.13. The van der Waals surface area contributed by atoms with E-state index in [1.165, 1.54) is 9.13 Å². The number of aromatic nitrogens is 2. The summed E-state index contributed by atoms with van der Waals surface area (Å²) in [6, 6.07) is 4.35. The minimum absolute atomic E-state index is 0.0997. The van der Waals surface area contributed by atoms with Gasteiger partial charge >= 0.3 is 5.69 Å². The van der Waals surface area contributed by atoms with Gasteiger partial charge < -0.3 is 15.7 Å². The number of aliphatic hydroxyl groups is 1. The van der Waals surface area contributed by atoms with Crippen LogP contribution in [-0.2, 0) is 16.6 Å². The molecule has 26 heavy (non-hydrogen) atoms. The number of benzene rings is 1. The fraction of sp³-hybridized carbons (Fsp3) is 0.500. The van der Waals surface area contributed by atoms with Gasteiger partial charge in [0.2, 0.25) is 0 Å². The Kier molecular flexibility index (Phi) is 4.16. The second kappa shape index (κ2) is 6.37. The second-order valence-corrected chi connectivity index (χ2v) is 7.00. The Morgan fingerprint density at radius 3 is 2.73 bits per heavy atom. The van der Waals surface area contributed by atoms with E-state index >= 15 is 0 Å². The Morgan fingerprint density at radius 2 is 2.00 bits per heavy atom. The molecule has 0 aliphatic carbocycles. The molecule has 0 radical (unpaired) electrons. The third-order valence-corrected chi connectivity index (χ3v) is 5.47. The van der Waals surface area contributed by atoms with Gasteiger partial charge in [-0.2, -0.15) is 0 Å². The van der Waals surface area contributed by atoms with E-state index in [4.69, 9.17) is 0 Å². The number of fused-ring (bicyclic) bond motifs is 1. The number of rotatable bonds is 2. The number of carbonyl (C=O) groups is 2. The number of piperidine rings is 2. The molecule has 1 aromatic heterocycles. The van der Waals surface area contributed by atoms with Crippen molar-refractivity contribution in [3.8, 4) is 0 Å². The lowest BCUT2D eigenvalue weighted by Crippen LogP contribution is -2.46. The third-order valence-electron chi connectivity index (χ3n) is 5.47. The number of hydrogen-bond acceptors (Lipinski definition) is 5. The molecule has 1 aromatic carbocycles. The van der Waals surface area contributed by atoms with Crippen molar-refractivity contribution < 1.29 is 14.7 Å². The fourth-order valence-corrected chi connectivity index (χ4v) is 4.17. The van der Waals surface area contributed by atoms with Crippen molar-refractivity contribution in [2.75, 3.05) is 19.6 Å². The number of hydrogen-bond donors (Lipinski definition) is 3. The van der Waals surface area contributed by atoms with Gasteiger partial charge in [0.25, 0.3) is 5.91 Å². The first kappa shape index (κ1) is 17.0. The fourth-order valence-electron chi connectivity index (χ4n) is 4.17. The second-order valence-electron chi connectivity index (χ2n) is 7.00.